The molecule has 0 bridgehead atoms. The summed E-state index contributed by atoms with van der Waals surface area (Å²) < 4.78 is 20.7. The van der Waals surface area contributed by atoms with Gasteiger partial charge in [-0.05, 0) is 6.07 Å². The third-order valence-electron chi connectivity index (χ3n) is 2.04. The van der Waals surface area contributed by atoms with E-state index in [1.54, 1.807) is 25.4 Å². The predicted octanol–water partition coefficient (Wildman–Crippen LogP) is 0.722. The van der Waals surface area contributed by atoms with Gasteiger partial charge < -0.3 is 24.7 Å². The zero-order valence-electron chi connectivity index (χ0n) is 10.6. The second-order valence-electron chi connectivity index (χ2n) is 3.50. The van der Waals surface area contributed by atoms with Gasteiger partial charge in [0, 0.05) is 13.2 Å². The van der Waals surface area contributed by atoms with Gasteiger partial charge in [0.15, 0.2) is 0 Å². The van der Waals surface area contributed by atoms with Crippen LogP contribution < -0.4 is 10.5 Å². The Morgan fingerprint density at radius 3 is 2.28 bits per heavy atom. The van der Waals surface area contributed by atoms with Crippen LogP contribution in [0.3, 0.4) is 0 Å². The molecule has 0 aliphatic carbocycles. The second-order valence-corrected chi connectivity index (χ2v) is 3.50. The minimum Gasteiger partial charge on any atom is -0.475 e. The van der Waals surface area contributed by atoms with Gasteiger partial charge in [-0.15, -0.1) is 0 Å². The first-order valence-electron chi connectivity index (χ1n) is 5.81. The zero-order chi connectivity index (χ0) is 13.1. The van der Waals surface area contributed by atoms with Crippen molar-refractivity contribution in [3.05, 3.63) is 18.3 Å². The van der Waals surface area contributed by atoms with Crippen molar-refractivity contribution in [1.29, 1.82) is 0 Å². The van der Waals surface area contributed by atoms with E-state index in [4.69, 9.17) is 24.7 Å². The highest BCUT2D eigenvalue weighted by Gasteiger charge is 1.95. The first kappa shape index (κ1) is 14.7. The molecule has 0 atom stereocenters. The van der Waals surface area contributed by atoms with E-state index in [2.05, 4.69) is 4.98 Å². The van der Waals surface area contributed by atoms with E-state index in [1.165, 1.54) is 0 Å². The first-order valence-corrected chi connectivity index (χ1v) is 5.81. The van der Waals surface area contributed by atoms with E-state index < -0.39 is 0 Å². The molecule has 1 rings (SSSR count). The number of rotatable bonds is 10. The Morgan fingerprint density at radius 2 is 1.67 bits per heavy atom. The molecule has 6 heteroatoms. The van der Waals surface area contributed by atoms with Crippen LogP contribution in [0.2, 0.25) is 0 Å². The summed E-state index contributed by atoms with van der Waals surface area (Å²) in [6.45, 7) is 3.25. The molecule has 1 aromatic rings. The highest BCUT2D eigenvalue weighted by atomic mass is 16.6. The van der Waals surface area contributed by atoms with Gasteiger partial charge in [-0.2, -0.15) is 0 Å². The maximum absolute atomic E-state index is 5.51. The van der Waals surface area contributed by atoms with Crippen molar-refractivity contribution in [2.24, 2.45) is 0 Å². The lowest BCUT2D eigenvalue weighted by molar-refractivity contribution is 0.0176. The van der Waals surface area contributed by atoms with Gasteiger partial charge in [0.1, 0.15) is 6.61 Å². The Labute approximate surface area is 107 Å². The number of nitrogens with zero attached hydrogens (tertiary/aromatic N) is 1. The zero-order valence-corrected chi connectivity index (χ0v) is 10.6. The quantitative estimate of drug-likeness (QED) is 0.622. The summed E-state index contributed by atoms with van der Waals surface area (Å²) in [5, 5.41) is 0. The Morgan fingerprint density at radius 1 is 1.00 bits per heavy atom. The number of aromatic nitrogens is 1. The smallest absolute Gasteiger partial charge is 0.213 e. The minimum atomic E-state index is 0.453. The van der Waals surface area contributed by atoms with Crippen molar-refractivity contribution >= 4 is 5.69 Å². The molecule has 0 fully saturated rings. The lowest BCUT2D eigenvalue weighted by atomic mass is 10.4. The van der Waals surface area contributed by atoms with Gasteiger partial charge in [-0.3, -0.25) is 0 Å². The molecule has 6 nitrogen and oxygen atoms in total. The largest absolute Gasteiger partial charge is 0.475 e. The fourth-order valence-corrected chi connectivity index (χ4v) is 1.15. The number of nitrogen functional groups attached to an aromatic ring is 1. The molecular formula is C12H20N2O4. The molecule has 0 aliphatic heterocycles. The fraction of sp³-hybridized carbons (Fsp3) is 0.583. The van der Waals surface area contributed by atoms with Crippen molar-refractivity contribution in [1.82, 2.24) is 4.98 Å². The number of hydrogen-bond acceptors (Lipinski definition) is 6. The van der Waals surface area contributed by atoms with E-state index >= 15 is 0 Å². The Hall–Kier alpha value is -1.37. The van der Waals surface area contributed by atoms with Crippen LogP contribution in [0.4, 0.5) is 5.69 Å². The van der Waals surface area contributed by atoms with Crippen LogP contribution in [0, 0.1) is 0 Å². The molecule has 2 N–H and O–H groups in total. The van der Waals surface area contributed by atoms with Crippen LogP contribution in [0.1, 0.15) is 0 Å². The van der Waals surface area contributed by atoms with Crippen molar-refractivity contribution in [3.8, 4) is 5.88 Å². The summed E-state index contributed by atoms with van der Waals surface area (Å²) in [7, 11) is 1.64. The van der Waals surface area contributed by atoms with Gasteiger partial charge in [-0.1, -0.05) is 0 Å². The predicted molar refractivity (Wildman–Crippen MR) is 67.7 cm³/mol. The number of methoxy groups -OCH3 is 1. The highest BCUT2D eigenvalue weighted by Crippen LogP contribution is 2.07. The molecule has 18 heavy (non-hydrogen) atoms. The van der Waals surface area contributed by atoms with E-state index in [1.807, 2.05) is 0 Å². The minimum absolute atomic E-state index is 0.453. The normalized spacial score (nSPS) is 10.5. The standard InChI is InChI=1S/C12H20N2O4/c1-15-4-5-16-6-7-17-8-9-18-12-3-2-11(13)10-14-12/h2-3,10H,4-9,13H2,1H3. The van der Waals surface area contributed by atoms with Gasteiger partial charge in [0.2, 0.25) is 5.88 Å². The van der Waals surface area contributed by atoms with Gasteiger partial charge in [-0.25, -0.2) is 4.98 Å². The molecule has 0 saturated heterocycles. The molecule has 102 valence electrons. The van der Waals surface area contributed by atoms with Crippen molar-refractivity contribution < 1.29 is 18.9 Å². The summed E-state index contributed by atoms with van der Waals surface area (Å²) in [6, 6.07) is 3.47. The summed E-state index contributed by atoms with van der Waals surface area (Å²) in [5.41, 5.74) is 6.12. The molecule has 0 amide bonds. The monoisotopic (exact) mass is 256 g/mol. The molecule has 0 spiro atoms. The lowest BCUT2D eigenvalue weighted by Crippen LogP contribution is -2.12. The molecule has 1 aromatic heterocycles. The summed E-state index contributed by atoms with van der Waals surface area (Å²) in [4.78, 5) is 4.00. The third-order valence-corrected chi connectivity index (χ3v) is 2.04. The van der Waals surface area contributed by atoms with Crippen LogP contribution >= 0.6 is 0 Å². The number of hydrogen-bond donors (Lipinski definition) is 1. The molecule has 0 radical (unpaired) electrons. The molecular weight excluding hydrogens is 236 g/mol. The Bertz CT molecular complexity index is 305. The Kier molecular flexibility index (Phi) is 7.87. The maximum atomic E-state index is 5.51. The fourth-order valence-electron chi connectivity index (χ4n) is 1.15. The number of ether oxygens (including phenoxy) is 4. The Balaban J connectivity index is 1.91. The van der Waals surface area contributed by atoms with Gasteiger partial charge in [0.25, 0.3) is 0 Å². The van der Waals surface area contributed by atoms with Crippen molar-refractivity contribution in [2.75, 3.05) is 52.5 Å². The molecule has 0 saturated carbocycles. The van der Waals surface area contributed by atoms with Crippen LogP contribution in [0.15, 0.2) is 18.3 Å². The second kappa shape index (κ2) is 9.64. The third kappa shape index (κ3) is 7.05. The molecule has 0 aromatic carbocycles. The number of pyridine rings is 1. The van der Waals surface area contributed by atoms with Crippen LogP contribution in [-0.4, -0.2) is 51.7 Å². The van der Waals surface area contributed by atoms with Gasteiger partial charge >= 0.3 is 0 Å². The van der Waals surface area contributed by atoms with Crippen LogP contribution in [0.25, 0.3) is 0 Å². The first-order chi connectivity index (χ1) is 8.83. The van der Waals surface area contributed by atoms with Crippen LogP contribution in [0.5, 0.6) is 5.88 Å². The number of anilines is 1. The average Bonchev–Trinajstić information content (AvgIpc) is 2.39. The summed E-state index contributed by atoms with van der Waals surface area (Å²) in [5.74, 6) is 0.546. The molecule has 1 heterocycles. The topological polar surface area (TPSA) is 75.8 Å². The van der Waals surface area contributed by atoms with Crippen molar-refractivity contribution in [3.63, 3.8) is 0 Å². The van der Waals surface area contributed by atoms with E-state index in [0.29, 0.717) is 51.2 Å². The lowest BCUT2D eigenvalue weighted by Gasteiger charge is -2.07. The molecule has 0 unspecified atom stereocenters. The van der Waals surface area contributed by atoms with Crippen LogP contribution in [-0.2, 0) is 14.2 Å². The van der Waals surface area contributed by atoms with Crippen molar-refractivity contribution in [2.45, 2.75) is 0 Å². The average molecular weight is 256 g/mol. The maximum Gasteiger partial charge on any atom is 0.213 e. The SMILES string of the molecule is COCCOCCOCCOc1ccc(N)cn1. The summed E-state index contributed by atoms with van der Waals surface area (Å²) >= 11 is 0. The van der Waals surface area contributed by atoms with E-state index in [9.17, 15) is 0 Å². The summed E-state index contributed by atoms with van der Waals surface area (Å²) in [6.07, 6.45) is 1.56. The van der Waals surface area contributed by atoms with E-state index in [0.717, 1.165) is 0 Å². The van der Waals surface area contributed by atoms with E-state index in [-0.39, 0.29) is 0 Å². The van der Waals surface area contributed by atoms with Gasteiger partial charge in [0.05, 0.1) is 44.9 Å². The highest BCUT2D eigenvalue weighted by molar-refractivity contribution is 5.35. The molecule has 0 aliphatic rings. The number of nitrogens with two attached hydrogens (primary N) is 1.